The zero-order valence-corrected chi connectivity index (χ0v) is 11.3. The maximum atomic E-state index is 6.06. The molecule has 0 radical (unpaired) electrons. The molecule has 0 amide bonds. The maximum Gasteiger partial charge on any atom is 0.202 e. The molecule has 3 rings (SSSR count). The van der Waals surface area contributed by atoms with Gasteiger partial charge in [0.05, 0.1) is 5.41 Å². The van der Waals surface area contributed by atoms with E-state index in [2.05, 4.69) is 4.98 Å². The molecule has 0 saturated heterocycles. The third kappa shape index (κ3) is 1.73. The van der Waals surface area contributed by atoms with Crippen LogP contribution in [0.2, 0.25) is 5.02 Å². The number of hydrogen-bond acceptors (Lipinski definition) is 3. The Morgan fingerprint density at radius 3 is 2.78 bits per heavy atom. The zero-order chi connectivity index (χ0) is 12.8. The van der Waals surface area contributed by atoms with E-state index in [1.54, 1.807) is 0 Å². The van der Waals surface area contributed by atoms with E-state index < -0.39 is 0 Å². The van der Waals surface area contributed by atoms with Crippen molar-refractivity contribution >= 4 is 22.7 Å². The van der Waals surface area contributed by atoms with Gasteiger partial charge in [-0.2, -0.15) is 0 Å². The third-order valence-electron chi connectivity index (χ3n) is 4.05. The molecule has 1 aromatic carbocycles. The number of oxazole rings is 1. The molecule has 0 unspecified atom stereocenters. The van der Waals surface area contributed by atoms with Crippen LogP contribution in [0.1, 0.15) is 37.1 Å². The predicted molar refractivity (Wildman–Crippen MR) is 73.0 cm³/mol. The topological polar surface area (TPSA) is 52.0 Å². The second-order valence-corrected chi connectivity index (χ2v) is 5.72. The summed E-state index contributed by atoms with van der Waals surface area (Å²) in [5.41, 5.74) is 8.62. The van der Waals surface area contributed by atoms with Crippen LogP contribution in [0.5, 0.6) is 0 Å². The first-order valence-corrected chi connectivity index (χ1v) is 6.80. The molecular formula is C14H17ClN2O. The van der Waals surface area contributed by atoms with E-state index >= 15 is 0 Å². The summed E-state index contributed by atoms with van der Waals surface area (Å²) in [6, 6.07) is 3.76. The summed E-state index contributed by atoms with van der Waals surface area (Å²) in [6.45, 7) is 2.60. The Morgan fingerprint density at radius 2 is 2.11 bits per heavy atom. The zero-order valence-electron chi connectivity index (χ0n) is 10.5. The smallest absolute Gasteiger partial charge is 0.202 e. The molecule has 1 heterocycles. The van der Waals surface area contributed by atoms with Crippen molar-refractivity contribution in [3.63, 3.8) is 0 Å². The van der Waals surface area contributed by atoms with Crippen LogP contribution < -0.4 is 5.73 Å². The van der Waals surface area contributed by atoms with Gasteiger partial charge in [0.25, 0.3) is 0 Å². The summed E-state index contributed by atoms with van der Waals surface area (Å²) in [5.74, 6) is 0.794. The van der Waals surface area contributed by atoms with Gasteiger partial charge in [-0.15, -0.1) is 0 Å². The van der Waals surface area contributed by atoms with Crippen LogP contribution in [0.3, 0.4) is 0 Å². The standard InChI is InChI=1S/C14H17ClN2O/c1-9-6-10(15)7-11-12(9)18-13(17-11)14(8-16)4-2-3-5-14/h6-7H,2-5,8,16H2,1H3. The van der Waals surface area contributed by atoms with Crippen LogP contribution in [0.15, 0.2) is 16.5 Å². The fourth-order valence-electron chi connectivity index (χ4n) is 2.94. The normalized spacial score (nSPS) is 18.6. The lowest BCUT2D eigenvalue weighted by molar-refractivity contribution is 0.343. The van der Waals surface area contributed by atoms with Crippen LogP contribution in [-0.4, -0.2) is 11.5 Å². The largest absolute Gasteiger partial charge is 0.440 e. The summed E-state index contributed by atoms with van der Waals surface area (Å²) >= 11 is 6.06. The average molecular weight is 265 g/mol. The predicted octanol–water partition coefficient (Wildman–Crippen LogP) is 3.56. The van der Waals surface area contributed by atoms with Crippen molar-refractivity contribution in [2.45, 2.75) is 38.0 Å². The molecule has 1 saturated carbocycles. The van der Waals surface area contributed by atoms with E-state index in [4.69, 9.17) is 21.8 Å². The quantitative estimate of drug-likeness (QED) is 0.902. The minimum atomic E-state index is -0.0576. The number of hydrogen-bond donors (Lipinski definition) is 1. The molecule has 1 aromatic heterocycles. The highest BCUT2D eigenvalue weighted by Gasteiger charge is 2.39. The van der Waals surface area contributed by atoms with Gasteiger partial charge in [-0.05, 0) is 37.5 Å². The van der Waals surface area contributed by atoms with Gasteiger partial charge >= 0.3 is 0 Å². The lowest BCUT2D eigenvalue weighted by atomic mass is 9.86. The van der Waals surface area contributed by atoms with Crippen molar-refractivity contribution in [3.05, 3.63) is 28.6 Å². The fourth-order valence-corrected chi connectivity index (χ4v) is 3.21. The van der Waals surface area contributed by atoms with Crippen LogP contribution in [0.25, 0.3) is 11.1 Å². The van der Waals surface area contributed by atoms with Gasteiger partial charge in [-0.25, -0.2) is 4.98 Å². The number of rotatable bonds is 2. The van der Waals surface area contributed by atoms with E-state index in [9.17, 15) is 0 Å². The van der Waals surface area contributed by atoms with Crippen molar-refractivity contribution in [3.8, 4) is 0 Å². The van der Waals surface area contributed by atoms with Gasteiger partial charge in [0.1, 0.15) is 5.52 Å². The highest BCUT2D eigenvalue weighted by Crippen LogP contribution is 2.41. The Bertz CT molecular complexity index is 585. The number of halogens is 1. The first kappa shape index (κ1) is 12.0. The molecule has 3 nitrogen and oxygen atoms in total. The summed E-state index contributed by atoms with van der Waals surface area (Å²) < 4.78 is 5.98. The minimum absolute atomic E-state index is 0.0576. The molecule has 0 bridgehead atoms. The molecule has 2 aromatic rings. The first-order chi connectivity index (χ1) is 8.64. The van der Waals surface area contributed by atoms with E-state index in [1.165, 1.54) is 12.8 Å². The van der Waals surface area contributed by atoms with E-state index in [-0.39, 0.29) is 5.41 Å². The number of nitrogens with zero attached hydrogens (tertiary/aromatic N) is 1. The van der Waals surface area contributed by atoms with Gasteiger partial charge < -0.3 is 10.2 Å². The van der Waals surface area contributed by atoms with Crippen LogP contribution >= 0.6 is 11.6 Å². The first-order valence-electron chi connectivity index (χ1n) is 6.42. The SMILES string of the molecule is Cc1cc(Cl)cc2nc(C3(CN)CCCC3)oc12. The summed E-state index contributed by atoms with van der Waals surface area (Å²) in [7, 11) is 0. The van der Waals surface area contributed by atoms with Crippen molar-refractivity contribution < 1.29 is 4.42 Å². The van der Waals surface area contributed by atoms with Gasteiger partial charge in [0.2, 0.25) is 5.89 Å². The Labute approximate surface area is 111 Å². The van der Waals surface area contributed by atoms with Crippen LogP contribution in [-0.2, 0) is 5.41 Å². The molecule has 18 heavy (non-hydrogen) atoms. The van der Waals surface area contributed by atoms with E-state index in [0.29, 0.717) is 11.6 Å². The molecule has 1 aliphatic rings. The Morgan fingerprint density at radius 1 is 1.39 bits per heavy atom. The van der Waals surface area contributed by atoms with Crippen molar-refractivity contribution in [2.75, 3.05) is 6.54 Å². The molecule has 96 valence electrons. The average Bonchev–Trinajstić information content (AvgIpc) is 2.94. The lowest BCUT2D eigenvalue weighted by Gasteiger charge is -2.22. The number of nitrogens with two attached hydrogens (primary N) is 1. The van der Waals surface area contributed by atoms with Gasteiger partial charge in [-0.3, -0.25) is 0 Å². The van der Waals surface area contributed by atoms with Gasteiger partial charge in [0, 0.05) is 11.6 Å². The molecule has 2 N–H and O–H groups in total. The highest BCUT2D eigenvalue weighted by molar-refractivity contribution is 6.31. The summed E-state index contributed by atoms with van der Waals surface area (Å²) in [6.07, 6.45) is 4.55. The summed E-state index contributed by atoms with van der Waals surface area (Å²) in [4.78, 5) is 4.63. The second kappa shape index (κ2) is 4.25. The van der Waals surface area contributed by atoms with E-state index in [1.807, 2.05) is 19.1 Å². The minimum Gasteiger partial charge on any atom is -0.440 e. The number of fused-ring (bicyclic) bond motifs is 1. The molecule has 0 aliphatic heterocycles. The molecule has 1 fully saturated rings. The Kier molecular flexibility index (Phi) is 2.83. The number of aryl methyl sites for hydroxylation is 1. The molecular weight excluding hydrogens is 248 g/mol. The molecule has 0 spiro atoms. The summed E-state index contributed by atoms with van der Waals surface area (Å²) in [5, 5.41) is 0.702. The Balaban J connectivity index is 2.16. The Hall–Kier alpha value is -1.06. The third-order valence-corrected chi connectivity index (χ3v) is 4.26. The molecule has 1 aliphatic carbocycles. The van der Waals surface area contributed by atoms with Gasteiger partial charge in [0.15, 0.2) is 5.58 Å². The second-order valence-electron chi connectivity index (χ2n) is 5.28. The van der Waals surface area contributed by atoms with Gasteiger partial charge in [-0.1, -0.05) is 24.4 Å². The molecule has 0 atom stereocenters. The number of benzene rings is 1. The van der Waals surface area contributed by atoms with E-state index in [0.717, 1.165) is 35.4 Å². The fraction of sp³-hybridized carbons (Fsp3) is 0.500. The van der Waals surface area contributed by atoms with Crippen molar-refractivity contribution in [2.24, 2.45) is 5.73 Å². The van der Waals surface area contributed by atoms with Crippen molar-refractivity contribution in [1.82, 2.24) is 4.98 Å². The lowest BCUT2D eigenvalue weighted by Crippen LogP contribution is -2.32. The monoisotopic (exact) mass is 264 g/mol. The maximum absolute atomic E-state index is 6.06. The highest BCUT2D eigenvalue weighted by atomic mass is 35.5. The van der Waals surface area contributed by atoms with Crippen LogP contribution in [0, 0.1) is 6.92 Å². The van der Waals surface area contributed by atoms with Crippen LogP contribution in [0.4, 0.5) is 0 Å². The molecule has 4 heteroatoms. The number of aromatic nitrogens is 1. The van der Waals surface area contributed by atoms with Crippen molar-refractivity contribution in [1.29, 1.82) is 0 Å².